The molecule has 6 heteroatoms. The van der Waals surface area contributed by atoms with Crippen LogP contribution in [0.5, 0.6) is 5.75 Å². The molecule has 0 aliphatic rings. The van der Waals surface area contributed by atoms with E-state index >= 15 is 0 Å². The first kappa shape index (κ1) is 19.7. The SMILES string of the molecule is CCC[C@H](C(=O)OCC)/C(C)=N/NC(=O)COc1ccccc1C. The van der Waals surface area contributed by atoms with Crippen LogP contribution in [0.3, 0.4) is 0 Å². The van der Waals surface area contributed by atoms with Gasteiger partial charge in [-0.3, -0.25) is 9.59 Å². The van der Waals surface area contributed by atoms with E-state index < -0.39 is 5.92 Å². The highest BCUT2D eigenvalue weighted by Gasteiger charge is 2.22. The maximum atomic E-state index is 11.9. The number of benzene rings is 1. The van der Waals surface area contributed by atoms with Crippen LogP contribution in [0, 0.1) is 12.8 Å². The number of esters is 1. The summed E-state index contributed by atoms with van der Waals surface area (Å²) in [6.07, 6.45) is 1.45. The standard InChI is InChI=1S/C18H26N2O4/c1-5-9-15(18(22)23-6-2)14(4)19-20-17(21)12-24-16-11-8-7-10-13(16)3/h7-8,10-11,15H,5-6,9,12H2,1-4H3,(H,20,21)/b19-14+/t15-/m0/s1. The lowest BCUT2D eigenvalue weighted by Crippen LogP contribution is -2.30. The Kier molecular flexibility index (Phi) is 8.54. The Bertz CT molecular complexity index is 584. The monoisotopic (exact) mass is 334 g/mol. The smallest absolute Gasteiger partial charge is 0.314 e. The third-order valence-corrected chi connectivity index (χ3v) is 3.46. The molecule has 0 spiro atoms. The average Bonchev–Trinajstić information content (AvgIpc) is 2.57. The Morgan fingerprint density at radius 1 is 1.25 bits per heavy atom. The minimum Gasteiger partial charge on any atom is -0.483 e. The van der Waals surface area contributed by atoms with Gasteiger partial charge in [-0.1, -0.05) is 31.5 Å². The molecule has 1 N–H and O–H groups in total. The number of carbonyl (C=O) groups excluding carboxylic acids is 2. The fraction of sp³-hybridized carbons (Fsp3) is 0.500. The van der Waals surface area contributed by atoms with Gasteiger partial charge < -0.3 is 9.47 Å². The van der Waals surface area contributed by atoms with E-state index in [1.165, 1.54) is 0 Å². The molecule has 0 bridgehead atoms. The Labute approximate surface area is 143 Å². The third-order valence-electron chi connectivity index (χ3n) is 3.46. The highest BCUT2D eigenvalue weighted by Crippen LogP contribution is 2.15. The van der Waals surface area contributed by atoms with Crippen molar-refractivity contribution >= 4 is 17.6 Å². The molecule has 0 aliphatic carbocycles. The van der Waals surface area contributed by atoms with Gasteiger partial charge in [-0.05, 0) is 38.8 Å². The predicted molar refractivity (Wildman–Crippen MR) is 93.0 cm³/mol. The van der Waals surface area contributed by atoms with Crippen molar-refractivity contribution in [2.75, 3.05) is 13.2 Å². The fourth-order valence-electron chi connectivity index (χ4n) is 2.15. The fourth-order valence-corrected chi connectivity index (χ4v) is 2.15. The first-order valence-corrected chi connectivity index (χ1v) is 8.17. The second kappa shape index (κ2) is 10.4. The zero-order valence-corrected chi connectivity index (χ0v) is 14.8. The van der Waals surface area contributed by atoms with Gasteiger partial charge in [0.2, 0.25) is 0 Å². The van der Waals surface area contributed by atoms with E-state index in [0.717, 1.165) is 12.0 Å². The van der Waals surface area contributed by atoms with Crippen molar-refractivity contribution < 1.29 is 19.1 Å². The number of hydrazone groups is 1. The highest BCUT2D eigenvalue weighted by atomic mass is 16.5. The van der Waals surface area contributed by atoms with E-state index in [1.54, 1.807) is 19.9 Å². The van der Waals surface area contributed by atoms with Crippen LogP contribution in [0.25, 0.3) is 0 Å². The minimum atomic E-state index is -0.437. The van der Waals surface area contributed by atoms with Gasteiger partial charge in [0.15, 0.2) is 6.61 Å². The second-order valence-electron chi connectivity index (χ2n) is 5.44. The number of rotatable bonds is 9. The first-order valence-electron chi connectivity index (χ1n) is 8.17. The quantitative estimate of drug-likeness (QED) is 0.428. The zero-order chi connectivity index (χ0) is 17.9. The summed E-state index contributed by atoms with van der Waals surface area (Å²) >= 11 is 0. The molecule has 0 saturated heterocycles. The van der Waals surface area contributed by atoms with Gasteiger partial charge in [0, 0.05) is 5.71 Å². The topological polar surface area (TPSA) is 77.0 Å². The Morgan fingerprint density at radius 2 is 1.96 bits per heavy atom. The number of aryl methyl sites for hydroxylation is 1. The first-order chi connectivity index (χ1) is 11.5. The van der Waals surface area contributed by atoms with Crippen LogP contribution in [0.1, 0.15) is 39.2 Å². The largest absolute Gasteiger partial charge is 0.483 e. The molecule has 1 amide bonds. The summed E-state index contributed by atoms with van der Waals surface area (Å²) in [4.78, 5) is 23.8. The highest BCUT2D eigenvalue weighted by molar-refractivity contribution is 6.01. The summed E-state index contributed by atoms with van der Waals surface area (Å²) < 4.78 is 10.5. The Morgan fingerprint density at radius 3 is 2.58 bits per heavy atom. The molecular weight excluding hydrogens is 308 g/mol. The number of amides is 1. The molecule has 0 unspecified atom stereocenters. The lowest BCUT2D eigenvalue weighted by Gasteiger charge is -2.14. The van der Waals surface area contributed by atoms with Crippen molar-refractivity contribution in [1.82, 2.24) is 5.43 Å². The molecule has 132 valence electrons. The van der Waals surface area contributed by atoms with Crippen LogP contribution in [0.15, 0.2) is 29.4 Å². The molecule has 24 heavy (non-hydrogen) atoms. The molecule has 6 nitrogen and oxygen atoms in total. The molecule has 0 saturated carbocycles. The number of nitrogens with one attached hydrogen (secondary N) is 1. The summed E-state index contributed by atoms with van der Waals surface area (Å²) in [6, 6.07) is 7.45. The molecule has 0 heterocycles. The van der Waals surface area contributed by atoms with E-state index in [0.29, 0.717) is 24.5 Å². The molecule has 0 aromatic heterocycles. The normalized spacial score (nSPS) is 12.4. The predicted octanol–water partition coefficient (Wildman–Crippen LogP) is 2.85. The number of ether oxygens (including phenoxy) is 2. The molecule has 1 aromatic carbocycles. The molecule has 0 radical (unpaired) electrons. The van der Waals surface area contributed by atoms with Crippen LogP contribution >= 0.6 is 0 Å². The van der Waals surface area contributed by atoms with Gasteiger partial charge >= 0.3 is 5.97 Å². The van der Waals surface area contributed by atoms with Crippen molar-refractivity contribution in [3.63, 3.8) is 0 Å². The van der Waals surface area contributed by atoms with Crippen LogP contribution < -0.4 is 10.2 Å². The summed E-state index contributed by atoms with van der Waals surface area (Å²) in [7, 11) is 0. The van der Waals surface area contributed by atoms with Crippen molar-refractivity contribution in [2.24, 2.45) is 11.0 Å². The van der Waals surface area contributed by atoms with Crippen LogP contribution in [0.4, 0.5) is 0 Å². The van der Waals surface area contributed by atoms with Crippen molar-refractivity contribution in [1.29, 1.82) is 0 Å². The lowest BCUT2D eigenvalue weighted by molar-refractivity contribution is -0.145. The summed E-state index contributed by atoms with van der Waals surface area (Å²) in [6.45, 7) is 7.54. The third kappa shape index (κ3) is 6.40. The van der Waals surface area contributed by atoms with Crippen molar-refractivity contribution in [2.45, 2.75) is 40.5 Å². The second-order valence-corrected chi connectivity index (χ2v) is 5.44. The molecule has 1 aromatic rings. The van der Waals surface area contributed by atoms with Gasteiger partial charge in [-0.15, -0.1) is 0 Å². The average molecular weight is 334 g/mol. The lowest BCUT2D eigenvalue weighted by atomic mass is 9.99. The van der Waals surface area contributed by atoms with E-state index in [4.69, 9.17) is 9.47 Å². The van der Waals surface area contributed by atoms with Crippen molar-refractivity contribution in [3.05, 3.63) is 29.8 Å². The zero-order valence-electron chi connectivity index (χ0n) is 14.8. The summed E-state index contributed by atoms with van der Waals surface area (Å²) in [5, 5.41) is 4.02. The molecule has 1 rings (SSSR count). The van der Waals surface area contributed by atoms with Crippen molar-refractivity contribution in [3.8, 4) is 5.75 Å². The molecule has 0 fully saturated rings. The van der Waals surface area contributed by atoms with E-state index in [-0.39, 0.29) is 18.5 Å². The van der Waals surface area contributed by atoms with Gasteiger partial charge in [-0.2, -0.15) is 5.10 Å². The number of hydrogen-bond acceptors (Lipinski definition) is 5. The maximum absolute atomic E-state index is 11.9. The Balaban J connectivity index is 2.57. The number of para-hydroxylation sites is 1. The molecule has 0 aliphatic heterocycles. The molecular formula is C18H26N2O4. The summed E-state index contributed by atoms with van der Waals surface area (Å²) in [5.41, 5.74) is 3.91. The number of hydrogen-bond donors (Lipinski definition) is 1. The van der Waals surface area contributed by atoms with Crippen LogP contribution in [-0.2, 0) is 14.3 Å². The van der Waals surface area contributed by atoms with Gasteiger partial charge in [0.05, 0.1) is 12.5 Å². The van der Waals surface area contributed by atoms with Crippen LogP contribution in [-0.4, -0.2) is 30.8 Å². The molecule has 1 atom stereocenters. The van der Waals surface area contributed by atoms with Crippen LogP contribution in [0.2, 0.25) is 0 Å². The van der Waals surface area contributed by atoms with E-state index in [1.807, 2.05) is 32.0 Å². The van der Waals surface area contributed by atoms with E-state index in [9.17, 15) is 9.59 Å². The number of carbonyl (C=O) groups is 2. The Hall–Kier alpha value is -2.37. The minimum absolute atomic E-state index is 0.139. The van der Waals surface area contributed by atoms with Gasteiger partial charge in [0.1, 0.15) is 5.75 Å². The van der Waals surface area contributed by atoms with Gasteiger partial charge in [0.25, 0.3) is 5.91 Å². The number of nitrogens with zero attached hydrogens (tertiary/aromatic N) is 1. The maximum Gasteiger partial charge on any atom is 0.314 e. The van der Waals surface area contributed by atoms with E-state index in [2.05, 4.69) is 10.5 Å². The summed E-state index contributed by atoms with van der Waals surface area (Å²) in [5.74, 6) is -0.473. The van der Waals surface area contributed by atoms with Gasteiger partial charge in [-0.25, -0.2) is 5.43 Å².